The number of anilines is 1. The van der Waals surface area contributed by atoms with E-state index in [0.29, 0.717) is 22.5 Å². The summed E-state index contributed by atoms with van der Waals surface area (Å²) in [5, 5.41) is 7.16. The van der Waals surface area contributed by atoms with Crippen LogP contribution in [-0.4, -0.2) is 24.5 Å². The number of rotatable bonds is 3. The smallest absolute Gasteiger partial charge is 0.341 e. The summed E-state index contributed by atoms with van der Waals surface area (Å²) >= 11 is 1.45. The zero-order valence-electron chi connectivity index (χ0n) is 19.1. The third kappa shape index (κ3) is 4.30. The van der Waals surface area contributed by atoms with Gasteiger partial charge in [0.05, 0.1) is 12.7 Å². The number of benzene rings is 1. The van der Waals surface area contributed by atoms with Crippen LogP contribution in [0.1, 0.15) is 85.2 Å². The zero-order chi connectivity index (χ0) is 22.5. The number of nitrogens with one attached hydrogen (secondary N) is 2. The first-order chi connectivity index (χ1) is 13.7. The second kappa shape index (κ2) is 7.50. The highest BCUT2D eigenvalue weighted by Crippen LogP contribution is 2.45. The molecule has 1 aromatic carbocycles. The minimum absolute atomic E-state index is 0.0191. The Kier molecular flexibility index (Phi) is 5.63. The number of amides is 1. The first-order valence-electron chi connectivity index (χ1n) is 10.2. The van der Waals surface area contributed by atoms with E-state index in [1.165, 1.54) is 18.4 Å². The summed E-state index contributed by atoms with van der Waals surface area (Å²) in [6.07, 6.45) is 0.683. The van der Waals surface area contributed by atoms with Gasteiger partial charge in [0.2, 0.25) is 0 Å². The van der Waals surface area contributed by atoms with Crippen molar-refractivity contribution in [2.75, 3.05) is 12.4 Å². The average molecular weight is 429 g/mol. The van der Waals surface area contributed by atoms with Gasteiger partial charge in [-0.05, 0) is 62.8 Å². The van der Waals surface area contributed by atoms with Crippen LogP contribution in [0.4, 0.5) is 5.00 Å². The highest BCUT2D eigenvalue weighted by Gasteiger charge is 2.42. The Morgan fingerprint density at radius 3 is 2.23 bits per heavy atom. The minimum atomic E-state index is -0.417. The third-order valence-electron chi connectivity index (χ3n) is 5.47. The number of fused-ring (bicyclic) bond motifs is 1. The molecule has 0 radical (unpaired) electrons. The number of esters is 1. The maximum Gasteiger partial charge on any atom is 0.341 e. The second-order valence-electron chi connectivity index (χ2n) is 10.2. The van der Waals surface area contributed by atoms with Gasteiger partial charge in [-0.3, -0.25) is 4.79 Å². The maximum atomic E-state index is 13.0. The molecule has 0 bridgehead atoms. The van der Waals surface area contributed by atoms with Gasteiger partial charge in [0.15, 0.2) is 0 Å². The fourth-order valence-electron chi connectivity index (χ4n) is 4.23. The minimum Gasteiger partial charge on any atom is -0.465 e. The molecule has 0 aliphatic carbocycles. The number of methoxy groups -OCH3 is 1. The predicted octanol–water partition coefficient (Wildman–Crippen LogP) is 5.24. The van der Waals surface area contributed by atoms with Crippen molar-refractivity contribution < 1.29 is 14.3 Å². The fourth-order valence-corrected chi connectivity index (χ4v) is 5.49. The Morgan fingerprint density at radius 1 is 1.10 bits per heavy atom. The predicted molar refractivity (Wildman–Crippen MR) is 123 cm³/mol. The van der Waals surface area contributed by atoms with Crippen LogP contribution < -0.4 is 10.6 Å². The van der Waals surface area contributed by atoms with Gasteiger partial charge in [-0.25, -0.2) is 4.79 Å². The monoisotopic (exact) mass is 428 g/mol. The van der Waals surface area contributed by atoms with Gasteiger partial charge in [-0.2, -0.15) is 0 Å². The number of hydrogen-bond donors (Lipinski definition) is 2. The molecule has 3 rings (SSSR count). The molecule has 0 saturated heterocycles. The summed E-state index contributed by atoms with van der Waals surface area (Å²) in [6, 6.07) is 7.61. The molecule has 0 fully saturated rings. The molecule has 0 atom stereocenters. The van der Waals surface area contributed by atoms with E-state index in [9.17, 15) is 9.59 Å². The van der Waals surface area contributed by atoms with Crippen molar-refractivity contribution >= 4 is 28.2 Å². The molecule has 6 heteroatoms. The lowest BCUT2D eigenvalue weighted by molar-refractivity contribution is 0.0600. The van der Waals surface area contributed by atoms with Crippen molar-refractivity contribution in [3.05, 3.63) is 51.4 Å². The van der Waals surface area contributed by atoms with Crippen molar-refractivity contribution in [1.29, 1.82) is 0 Å². The molecule has 2 heterocycles. The van der Waals surface area contributed by atoms with E-state index < -0.39 is 5.97 Å². The Balaban J connectivity index is 1.99. The molecule has 1 amide bonds. The molecule has 0 unspecified atom stereocenters. The molecule has 0 saturated carbocycles. The van der Waals surface area contributed by atoms with Gasteiger partial charge < -0.3 is 15.4 Å². The summed E-state index contributed by atoms with van der Waals surface area (Å²) in [6.45, 7) is 14.8. The van der Waals surface area contributed by atoms with Crippen LogP contribution in [0.3, 0.4) is 0 Å². The zero-order valence-corrected chi connectivity index (χ0v) is 20.0. The van der Waals surface area contributed by atoms with Gasteiger partial charge in [0.1, 0.15) is 5.00 Å². The van der Waals surface area contributed by atoms with E-state index in [1.807, 2.05) is 24.3 Å². The normalized spacial score (nSPS) is 17.2. The van der Waals surface area contributed by atoms with Gasteiger partial charge >= 0.3 is 5.97 Å². The number of ether oxygens (including phenoxy) is 1. The van der Waals surface area contributed by atoms with Gasteiger partial charge in [0.25, 0.3) is 5.91 Å². The molecule has 2 aromatic rings. The Bertz CT molecular complexity index is 979. The molecular weight excluding hydrogens is 396 g/mol. The summed E-state index contributed by atoms with van der Waals surface area (Å²) in [5.74, 6) is -0.649. The van der Waals surface area contributed by atoms with Crippen LogP contribution in [-0.2, 0) is 22.1 Å². The van der Waals surface area contributed by atoms with E-state index in [-0.39, 0.29) is 22.4 Å². The lowest BCUT2D eigenvalue weighted by Crippen LogP contribution is -2.55. The van der Waals surface area contributed by atoms with Crippen LogP contribution in [0.5, 0.6) is 0 Å². The van der Waals surface area contributed by atoms with Crippen LogP contribution in [0.15, 0.2) is 24.3 Å². The lowest BCUT2D eigenvalue weighted by Gasteiger charge is -2.42. The highest BCUT2D eigenvalue weighted by atomic mass is 32.1. The average Bonchev–Trinajstić information content (AvgIpc) is 2.97. The van der Waals surface area contributed by atoms with Gasteiger partial charge in [0, 0.05) is 21.5 Å². The van der Waals surface area contributed by atoms with E-state index >= 15 is 0 Å². The van der Waals surface area contributed by atoms with E-state index in [0.717, 1.165) is 16.0 Å². The molecule has 2 N–H and O–H groups in total. The molecule has 0 spiro atoms. The van der Waals surface area contributed by atoms with Crippen LogP contribution in [0.2, 0.25) is 0 Å². The number of carbonyl (C=O) groups is 2. The van der Waals surface area contributed by atoms with Crippen molar-refractivity contribution in [3.8, 4) is 0 Å². The second-order valence-corrected chi connectivity index (χ2v) is 11.2. The molecule has 162 valence electrons. The first kappa shape index (κ1) is 22.5. The van der Waals surface area contributed by atoms with E-state index in [2.05, 4.69) is 59.1 Å². The maximum absolute atomic E-state index is 13.0. The number of carbonyl (C=O) groups excluding carboxylic acids is 2. The van der Waals surface area contributed by atoms with Gasteiger partial charge in [-0.15, -0.1) is 11.3 Å². The standard InChI is InChI=1S/C24H32N2O3S/c1-22(2,3)15-11-9-14(10-12-15)19(27)25-20-17(21(28)29-8)16-13-23(4,5)26-24(6,7)18(16)30-20/h9-12,26H,13H2,1-8H3,(H,25,27). The third-order valence-corrected chi connectivity index (χ3v) is 6.95. The molecule has 1 aliphatic rings. The lowest BCUT2D eigenvalue weighted by atomic mass is 9.81. The quantitative estimate of drug-likeness (QED) is 0.656. The van der Waals surface area contributed by atoms with Gasteiger partial charge in [-0.1, -0.05) is 32.9 Å². The molecular formula is C24H32N2O3S. The van der Waals surface area contributed by atoms with E-state index in [4.69, 9.17) is 4.74 Å². The Morgan fingerprint density at radius 2 is 1.70 bits per heavy atom. The molecule has 1 aliphatic heterocycles. The van der Waals surface area contributed by atoms with E-state index in [1.54, 1.807) is 0 Å². The van der Waals surface area contributed by atoms with Crippen LogP contribution in [0, 0.1) is 0 Å². The van der Waals surface area contributed by atoms with Crippen molar-refractivity contribution in [2.24, 2.45) is 0 Å². The Labute approximate surface area is 183 Å². The summed E-state index contributed by atoms with van der Waals surface area (Å²) in [7, 11) is 1.38. The number of hydrogen-bond acceptors (Lipinski definition) is 5. The summed E-state index contributed by atoms with van der Waals surface area (Å²) in [5.41, 5.74) is 2.68. The largest absolute Gasteiger partial charge is 0.465 e. The molecule has 1 aromatic heterocycles. The van der Waals surface area contributed by atoms with Crippen molar-refractivity contribution in [3.63, 3.8) is 0 Å². The van der Waals surface area contributed by atoms with Crippen LogP contribution >= 0.6 is 11.3 Å². The highest BCUT2D eigenvalue weighted by molar-refractivity contribution is 7.17. The topological polar surface area (TPSA) is 67.4 Å². The van der Waals surface area contributed by atoms with Crippen molar-refractivity contribution in [2.45, 2.75) is 71.4 Å². The SMILES string of the molecule is COC(=O)c1c(NC(=O)c2ccc(C(C)(C)C)cc2)sc2c1CC(C)(C)NC2(C)C. The van der Waals surface area contributed by atoms with Crippen LogP contribution in [0.25, 0.3) is 0 Å². The van der Waals surface area contributed by atoms with Crippen molar-refractivity contribution in [1.82, 2.24) is 5.32 Å². The first-order valence-corrected chi connectivity index (χ1v) is 11.0. The molecule has 5 nitrogen and oxygen atoms in total. The summed E-state index contributed by atoms with van der Waals surface area (Å²) in [4.78, 5) is 26.7. The number of thiophene rings is 1. The molecule has 30 heavy (non-hydrogen) atoms. The fraction of sp³-hybridized carbons (Fsp3) is 0.500. The Hall–Kier alpha value is -2.18. The summed E-state index contributed by atoms with van der Waals surface area (Å²) < 4.78 is 5.07.